The van der Waals surface area contributed by atoms with Crippen LogP contribution >= 0.6 is 0 Å². The summed E-state index contributed by atoms with van der Waals surface area (Å²) in [6.07, 6.45) is 0. The molecule has 3 nitrogen and oxygen atoms in total. The monoisotopic (exact) mass is 220 g/mol. The van der Waals surface area contributed by atoms with E-state index in [1.54, 1.807) is 4.90 Å². The van der Waals surface area contributed by atoms with E-state index in [0.717, 1.165) is 5.69 Å². The largest absolute Gasteiger partial charge is 0.330 e. The molecule has 0 saturated carbocycles. The third kappa shape index (κ3) is 2.83. The number of nitrogens with zero attached hydrogens (tertiary/aromatic N) is 1. The Morgan fingerprint density at radius 2 is 1.94 bits per heavy atom. The molecule has 3 heteroatoms. The van der Waals surface area contributed by atoms with Gasteiger partial charge in [-0.1, -0.05) is 24.6 Å². The molecule has 1 aromatic carbocycles. The Morgan fingerprint density at radius 3 is 2.38 bits per heavy atom. The molecule has 1 atom stereocenters. The predicted octanol–water partition coefficient (Wildman–Crippen LogP) is 1.94. The molecule has 0 aliphatic heterocycles. The number of hydrogen-bond donors (Lipinski definition) is 1. The van der Waals surface area contributed by atoms with Crippen LogP contribution in [-0.4, -0.2) is 19.0 Å². The van der Waals surface area contributed by atoms with Crippen LogP contribution in [0.25, 0.3) is 0 Å². The Kier molecular flexibility index (Phi) is 4.50. The van der Waals surface area contributed by atoms with Gasteiger partial charge in [-0.05, 0) is 26.0 Å². The molecule has 1 aromatic rings. The number of rotatable bonds is 4. The molecule has 0 aliphatic rings. The first-order valence-electron chi connectivity index (χ1n) is 5.68. The number of nitrogens with two attached hydrogens (primary N) is 1. The van der Waals surface area contributed by atoms with Gasteiger partial charge < -0.3 is 10.6 Å². The smallest absolute Gasteiger partial charge is 0.231 e. The summed E-state index contributed by atoms with van der Waals surface area (Å²) in [6.45, 7) is 6.93. The summed E-state index contributed by atoms with van der Waals surface area (Å²) in [5, 5.41) is 0. The number of hydrogen-bond acceptors (Lipinski definition) is 2. The number of anilines is 1. The fourth-order valence-electron chi connectivity index (χ4n) is 1.56. The lowest BCUT2D eigenvalue weighted by atomic mass is 10.1. The summed E-state index contributed by atoms with van der Waals surface area (Å²) in [6, 6.07) is 7.97. The molecule has 0 aliphatic carbocycles. The second-order valence-electron chi connectivity index (χ2n) is 4.05. The maximum Gasteiger partial charge on any atom is 0.231 e. The molecule has 1 unspecified atom stereocenters. The van der Waals surface area contributed by atoms with Crippen molar-refractivity contribution in [2.45, 2.75) is 20.8 Å². The topological polar surface area (TPSA) is 46.3 Å². The van der Waals surface area contributed by atoms with E-state index in [-0.39, 0.29) is 11.8 Å². The fraction of sp³-hybridized carbons (Fsp3) is 0.462. The molecule has 16 heavy (non-hydrogen) atoms. The molecular weight excluding hydrogens is 200 g/mol. The van der Waals surface area contributed by atoms with Crippen LogP contribution in [0, 0.1) is 12.8 Å². The van der Waals surface area contributed by atoms with Gasteiger partial charge in [-0.2, -0.15) is 0 Å². The third-order valence-electron chi connectivity index (χ3n) is 2.70. The van der Waals surface area contributed by atoms with E-state index in [9.17, 15) is 4.79 Å². The minimum Gasteiger partial charge on any atom is -0.330 e. The van der Waals surface area contributed by atoms with Gasteiger partial charge in [0.1, 0.15) is 0 Å². The maximum absolute atomic E-state index is 12.0. The number of carbonyl (C=O) groups is 1. The van der Waals surface area contributed by atoms with Gasteiger partial charge in [0.05, 0.1) is 0 Å². The highest BCUT2D eigenvalue weighted by molar-refractivity contribution is 5.94. The Bertz CT molecular complexity index is 345. The van der Waals surface area contributed by atoms with Crippen LogP contribution in [0.2, 0.25) is 0 Å². The molecule has 0 radical (unpaired) electrons. The zero-order chi connectivity index (χ0) is 12.1. The second kappa shape index (κ2) is 5.66. The van der Waals surface area contributed by atoms with Crippen molar-refractivity contribution in [2.24, 2.45) is 11.7 Å². The molecule has 1 rings (SSSR count). The Labute approximate surface area is 97.2 Å². The van der Waals surface area contributed by atoms with E-state index < -0.39 is 0 Å². The van der Waals surface area contributed by atoms with Gasteiger partial charge in [0, 0.05) is 24.7 Å². The van der Waals surface area contributed by atoms with Gasteiger partial charge in [-0.15, -0.1) is 0 Å². The van der Waals surface area contributed by atoms with Crippen molar-refractivity contribution >= 4 is 11.6 Å². The number of benzene rings is 1. The SMILES string of the molecule is CCN(C(=O)C(C)CN)c1ccc(C)cc1. The van der Waals surface area contributed by atoms with Crippen molar-refractivity contribution in [2.75, 3.05) is 18.0 Å². The van der Waals surface area contributed by atoms with Crippen LogP contribution in [0.4, 0.5) is 5.69 Å². The Balaban J connectivity index is 2.90. The molecule has 2 N–H and O–H groups in total. The fourth-order valence-corrected chi connectivity index (χ4v) is 1.56. The highest BCUT2D eigenvalue weighted by Gasteiger charge is 2.19. The third-order valence-corrected chi connectivity index (χ3v) is 2.70. The molecule has 0 saturated heterocycles. The highest BCUT2D eigenvalue weighted by Crippen LogP contribution is 2.17. The normalized spacial score (nSPS) is 12.2. The van der Waals surface area contributed by atoms with Gasteiger partial charge >= 0.3 is 0 Å². The average Bonchev–Trinajstić information content (AvgIpc) is 2.31. The van der Waals surface area contributed by atoms with Crippen molar-refractivity contribution in [1.29, 1.82) is 0 Å². The Hall–Kier alpha value is -1.35. The van der Waals surface area contributed by atoms with Crippen LogP contribution in [0.5, 0.6) is 0 Å². The molecule has 0 heterocycles. The van der Waals surface area contributed by atoms with Crippen molar-refractivity contribution in [1.82, 2.24) is 0 Å². The number of aryl methyl sites for hydroxylation is 1. The first kappa shape index (κ1) is 12.7. The maximum atomic E-state index is 12.0. The minimum absolute atomic E-state index is 0.0915. The van der Waals surface area contributed by atoms with Crippen LogP contribution in [0.15, 0.2) is 24.3 Å². The first-order valence-corrected chi connectivity index (χ1v) is 5.68. The summed E-state index contributed by atoms with van der Waals surface area (Å²) in [7, 11) is 0. The first-order chi connectivity index (χ1) is 7.60. The standard InChI is InChI=1S/C13H20N2O/c1-4-15(13(16)11(3)9-14)12-7-5-10(2)6-8-12/h5-8,11H,4,9,14H2,1-3H3. The van der Waals surface area contributed by atoms with Crippen LogP contribution in [0.1, 0.15) is 19.4 Å². The lowest BCUT2D eigenvalue weighted by Gasteiger charge is -2.24. The van der Waals surface area contributed by atoms with E-state index in [2.05, 4.69) is 0 Å². The molecule has 0 bridgehead atoms. The van der Waals surface area contributed by atoms with Gasteiger partial charge in [0.15, 0.2) is 0 Å². The quantitative estimate of drug-likeness (QED) is 0.843. The molecule has 0 fully saturated rings. The summed E-state index contributed by atoms with van der Waals surface area (Å²) in [5.41, 5.74) is 7.66. The van der Waals surface area contributed by atoms with E-state index in [1.165, 1.54) is 5.56 Å². The zero-order valence-corrected chi connectivity index (χ0v) is 10.2. The van der Waals surface area contributed by atoms with Crippen molar-refractivity contribution in [3.05, 3.63) is 29.8 Å². The molecule has 0 aromatic heterocycles. The van der Waals surface area contributed by atoms with E-state index in [1.807, 2.05) is 45.0 Å². The van der Waals surface area contributed by atoms with Crippen molar-refractivity contribution in [3.8, 4) is 0 Å². The zero-order valence-electron chi connectivity index (χ0n) is 10.2. The van der Waals surface area contributed by atoms with Crippen LogP contribution in [-0.2, 0) is 4.79 Å². The van der Waals surface area contributed by atoms with Gasteiger partial charge in [-0.3, -0.25) is 4.79 Å². The molecule has 0 spiro atoms. The molecule has 1 amide bonds. The van der Waals surface area contributed by atoms with Crippen LogP contribution in [0.3, 0.4) is 0 Å². The summed E-state index contributed by atoms with van der Waals surface area (Å²) in [4.78, 5) is 13.8. The predicted molar refractivity (Wildman–Crippen MR) is 67.4 cm³/mol. The van der Waals surface area contributed by atoms with Gasteiger partial charge in [0.25, 0.3) is 0 Å². The number of amides is 1. The molecule has 88 valence electrons. The lowest BCUT2D eigenvalue weighted by molar-refractivity contribution is -0.121. The van der Waals surface area contributed by atoms with Crippen LogP contribution < -0.4 is 10.6 Å². The lowest BCUT2D eigenvalue weighted by Crippen LogP contribution is -2.37. The summed E-state index contributed by atoms with van der Waals surface area (Å²) in [5.74, 6) is -0.0323. The second-order valence-corrected chi connectivity index (χ2v) is 4.05. The molecular formula is C13H20N2O. The summed E-state index contributed by atoms with van der Waals surface area (Å²) >= 11 is 0. The van der Waals surface area contributed by atoms with E-state index >= 15 is 0 Å². The van der Waals surface area contributed by atoms with Crippen molar-refractivity contribution in [3.63, 3.8) is 0 Å². The Morgan fingerprint density at radius 1 is 1.38 bits per heavy atom. The summed E-state index contributed by atoms with van der Waals surface area (Å²) < 4.78 is 0. The van der Waals surface area contributed by atoms with Gasteiger partial charge in [-0.25, -0.2) is 0 Å². The highest BCUT2D eigenvalue weighted by atomic mass is 16.2. The number of carbonyl (C=O) groups excluding carboxylic acids is 1. The van der Waals surface area contributed by atoms with E-state index in [0.29, 0.717) is 13.1 Å². The van der Waals surface area contributed by atoms with Crippen molar-refractivity contribution < 1.29 is 4.79 Å². The van der Waals surface area contributed by atoms with Gasteiger partial charge in [0.2, 0.25) is 5.91 Å². The average molecular weight is 220 g/mol. The van der Waals surface area contributed by atoms with E-state index in [4.69, 9.17) is 5.73 Å². The minimum atomic E-state index is -0.124.